The number of carbonyl (C=O) groups is 2. The quantitative estimate of drug-likeness (QED) is 0.940. The number of hydrogen-bond donors (Lipinski definition) is 1. The summed E-state index contributed by atoms with van der Waals surface area (Å²) in [6.45, 7) is 0. The highest BCUT2D eigenvalue weighted by atomic mass is 16.2. The van der Waals surface area contributed by atoms with Crippen LogP contribution in [0, 0.1) is 0 Å². The number of nitrogens with zero attached hydrogens (tertiary/aromatic N) is 1. The van der Waals surface area contributed by atoms with Crippen molar-refractivity contribution in [3.63, 3.8) is 0 Å². The first-order chi connectivity index (χ1) is 11.5. The molecule has 4 heteroatoms. The summed E-state index contributed by atoms with van der Waals surface area (Å²) < 4.78 is 0. The van der Waals surface area contributed by atoms with Crippen LogP contribution in [0.1, 0.15) is 44.7 Å². The Morgan fingerprint density at radius 1 is 0.875 bits per heavy atom. The maximum absolute atomic E-state index is 12.4. The van der Waals surface area contributed by atoms with Gasteiger partial charge in [-0.25, -0.2) is 0 Å². The Morgan fingerprint density at radius 3 is 2.17 bits per heavy atom. The number of anilines is 1. The fourth-order valence-corrected chi connectivity index (χ4v) is 3.03. The zero-order valence-electron chi connectivity index (χ0n) is 14.1. The van der Waals surface area contributed by atoms with Crippen molar-refractivity contribution >= 4 is 17.5 Å². The fourth-order valence-electron chi connectivity index (χ4n) is 3.03. The average molecular weight is 322 g/mol. The molecule has 0 saturated heterocycles. The number of amides is 2. The van der Waals surface area contributed by atoms with Gasteiger partial charge in [0.25, 0.3) is 11.8 Å². The molecule has 124 valence electrons. The maximum atomic E-state index is 12.4. The van der Waals surface area contributed by atoms with Crippen LogP contribution in [0.25, 0.3) is 0 Å². The molecule has 0 unspecified atom stereocenters. The maximum Gasteiger partial charge on any atom is 0.255 e. The molecule has 0 fully saturated rings. The molecule has 0 atom stereocenters. The van der Waals surface area contributed by atoms with Crippen molar-refractivity contribution in [2.75, 3.05) is 19.4 Å². The third kappa shape index (κ3) is 3.48. The topological polar surface area (TPSA) is 49.4 Å². The van der Waals surface area contributed by atoms with E-state index in [9.17, 15) is 9.59 Å². The number of nitrogens with one attached hydrogen (secondary N) is 1. The lowest BCUT2D eigenvalue weighted by atomic mass is 9.90. The highest BCUT2D eigenvalue weighted by Gasteiger charge is 2.13. The van der Waals surface area contributed by atoms with Gasteiger partial charge in [-0.15, -0.1) is 0 Å². The van der Waals surface area contributed by atoms with Gasteiger partial charge in [-0.3, -0.25) is 9.59 Å². The van der Waals surface area contributed by atoms with Crippen molar-refractivity contribution < 1.29 is 9.59 Å². The second-order valence-corrected chi connectivity index (χ2v) is 6.42. The first-order valence-corrected chi connectivity index (χ1v) is 8.29. The van der Waals surface area contributed by atoms with Crippen LogP contribution in [0.2, 0.25) is 0 Å². The summed E-state index contributed by atoms with van der Waals surface area (Å²) in [6.07, 6.45) is 4.59. The molecule has 1 aliphatic carbocycles. The number of benzene rings is 2. The smallest absolute Gasteiger partial charge is 0.255 e. The summed E-state index contributed by atoms with van der Waals surface area (Å²) in [4.78, 5) is 25.8. The highest BCUT2D eigenvalue weighted by molar-refractivity contribution is 6.04. The van der Waals surface area contributed by atoms with Crippen LogP contribution < -0.4 is 5.32 Å². The number of rotatable bonds is 3. The summed E-state index contributed by atoms with van der Waals surface area (Å²) >= 11 is 0. The van der Waals surface area contributed by atoms with E-state index in [0.717, 1.165) is 12.8 Å². The zero-order chi connectivity index (χ0) is 17.1. The number of hydrogen-bond acceptors (Lipinski definition) is 2. The molecule has 3 rings (SSSR count). The lowest BCUT2D eigenvalue weighted by Crippen LogP contribution is -2.21. The molecule has 0 radical (unpaired) electrons. The van der Waals surface area contributed by atoms with Gasteiger partial charge in [-0.05, 0) is 73.2 Å². The van der Waals surface area contributed by atoms with E-state index in [0.29, 0.717) is 16.8 Å². The monoisotopic (exact) mass is 322 g/mol. The van der Waals surface area contributed by atoms with Gasteiger partial charge in [-0.2, -0.15) is 0 Å². The van der Waals surface area contributed by atoms with Crippen LogP contribution in [0.3, 0.4) is 0 Å². The largest absolute Gasteiger partial charge is 0.345 e. The Hall–Kier alpha value is -2.62. The average Bonchev–Trinajstić information content (AvgIpc) is 2.61. The van der Waals surface area contributed by atoms with Gasteiger partial charge in [0.05, 0.1) is 0 Å². The van der Waals surface area contributed by atoms with Crippen LogP contribution in [0.4, 0.5) is 5.69 Å². The van der Waals surface area contributed by atoms with Gasteiger partial charge < -0.3 is 10.2 Å². The van der Waals surface area contributed by atoms with Crippen LogP contribution in [0.15, 0.2) is 42.5 Å². The number of carbonyl (C=O) groups excluding carboxylic acids is 2. The zero-order valence-corrected chi connectivity index (χ0v) is 14.1. The molecule has 0 bridgehead atoms. The van der Waals surface area contributed by atoms with Crippen LogP contribution in [-0.4, -0.2) is 30.8 Å². The normalized spacial score (nSPS) is 13.1. The summed E-state index contributed by atoms with van der Waals surface area (Å²) in [6, 6.07) is 12.9. The second-order valence-electron chi connectivity index (χ2n) is 6.42. The van der Waals surface area contributed by atoms with Crippen molar-refractivity contribution in [1.82, 2.24) is 4.90 Å². The van der Waals surface area contributed by atoms with E-state index in [2.05, 4.69) is 11.4 Å². The molecular weight excluding hydrogens is 300 g/mol. The summed E-state index contributed by atoms with van der Waals surface area (Å²) in [5.74, 6) is -0.169. The van der Waals surface area contributed by atoms with E-state index < -0.39 is 0 Å². The van der Waals surface area contributed by atoms with Gasteiger partial charge in [-0.1, -0.05) is 6.07 Å². The minimum atomic E-state index is -0.116. The van der Waals surface area contributed by atoms with Crippen molar-refractivity contribution in [2.45, 2.75) is 25.7 Å². The molecular formula is C20H22N2O2. The lowest BCUT2D eigenvalue weighted by molar-refractivity contribution is 0.0827. The van der Waals surface area contributed by atoms with Gasteiger partial charge in [0, 0.05) is 30.9 Å². The van der Waals surface area contributed by atoms with Crippen molar-refractivity contribution in [2.24, 2.45) is 0 Å². The van der Waals surface area contributed by atoms with E-state index in [-0.39, 0.29) is 11.8 Å². The molecule has 0 heterocycles. The third-order valence-electron chi connectivity index (χ3n) is 4.41. The molecule has 0 aromatic heterocycles. The molecule has 0 saturated carbocycles. The van der Waals surface area contributed by atoms with Crippen molar-refractivity contribution in [3.05, 3.63) is 64.7 Å². The molecule has 2 amide bonds. The number of fused-ring (bicyclic) bond motifs is 1. The number of aryl methyl sites for hydroxylation is 2. The molecule has 4 nitrogen and oxygen atoms in total. The minimum Gasteiger partial charge on any atom is -0.345 e. The molecule has 0 aliphatic heterocycles. The highest BCUT2D eigenvalue weighted by Crippen LogP contribution is 2.22. The molecule has 1 N–H and O–H groups in total. The fraction of sp³-hybridized carbons (Fsp3) is 0.300. The first kappa shape index (κ1) is 16.2. The van der Waals surface area contributed by atoms with Gasteiger partial charge in [0.15, 0.2) is 0 Å². The minimum absolute atomic E-state index is 0.0532. The SMILES string of the molecule is CN(C)C(=O)c1ccc(NC(=O)c2ccc3c(c2)CCCC3)cc1. The van der Waals surface area contributed by atoms with E-state index in [4.69, 9.17) is 0 Å². The lowest BCUT2D eigenvalue weighted by Gasteiger charge is -2.16. The standard InChI is InChI=1S/C20H22N2O2/c1-22(2)20(24)15-9-11-18(12-10-15)21-19(23)17-8-7-14-5-3-4-6-16(14)13-17/h7-13H,3-6H2,1-2H3,(H,21,23). The van der Waals surface area contributed by atoms with Crippen LogP contribution in [-0.2, 0) is 12.8 Å². The van der Waals surface area contributed by atoms with Crippen molar-refractivity contribution in [3.8, 4) is 0 Å². The Morgan fingerprint density at radius 2 is 1.50 bits per heavy atom. The molecule has 24 heavy (non-hydrogen) atoms. The van der Waals surface area contributed by atoms with Gasteiger partial charge in [0.1, 0.15) is 0 Å². The van der Waals surface area contributed by atoms with E-state index >= 15 is 0 Å². The Balaban J connectivity index is 1.72. The van der Waals surface area contributed by atoms with Crippen LogP contribution in [0.5, 0.6) is 0 Å². The van der Waals surface area contributed by atoms with Gasteiger partial charge >= 0.3 is 0 Å². The predicted molar refractivity (Wildman–Crippen MR) is 95.5 cm³/mol. The summed E-state index contributed by atoms with van der Waals surface area (Å²) in [5, 5.41) is 2.90. The van der Waals surface area contributed by atoms with Crippen molar-refractivity contribution in [1.29, 1.82) is 0 Å². The molecule has 1 aliphatic rings. The Labute approximate surface area is 142 Å². The molecule has 0 spiro atoms. The summed E-state index contributed by atoms with van der Waals surface area (Å²) in [7, 11) is 3.43. The Kier molecular flexibility index (Phi) is 4.65. The third-order valence-corrected chi connectivity index (χ3v) is 4.41. The summed E-state index contributed by atoms with van der Waals surface area (Å²) in [5.41, 5.74) is 4.63. The Bertz CT molecular complexity index is 764. The molecule has 2 aromatic carbocycles. The van der Waals surface area contributed by atoms with Crippen LogP contribution >= 0.6 is 0 Å². The van der Waals surface area contributed by atoms with Gasteiger partial charge in [0.2, 0.25) is 0 Å². The first-order valence-electron chi connectivity index (χ1n) is 8.29. The van der Waals surface area contributed by atoms with E-state index in [1.807, 2.05) is 12.1 Å². The van der Waals surface area contributed by atoms with E-state index in [1.54, 1.807) is 38.4 Å². The molecule has 2 aromatic rings. The van der Waals surface area contributed by atoms with E-state index in [1.165, 1.54) is 28.9 Å². The predicted octanol–water partition coefficient (Wildman–Crippen LogP) is 3.52. The second kappa shape index (κ2) is 6.87.